The van der Waals surface area contributed by atoms with Gasteiger partial charge >= 0.3 is 0 Å². The van der Waals surface area contributed by atoms with Crippen molar-refractivity contribution >= 4 is 0 Å². The van der Waals surface area contributed by atoms with E-state index in [1.807, 2.05) is 12.3 Å². The quantitative estimate of drug-likeness (QED) is 0.645. The molecule has 1 nitrogen and oxygen atoms in total. The van der Waals surface area contributed by atoms with Gasteiger partial charge in [-0.25, -0.2) is 8.78 Å². The van der Waals surface area contributed by atoms with Crippen molar-refractivity contribution < 1.29 is 8.78 Å². The van der Waals surface area contributed by atoms with E-state index >= 15 is 0 Å². The highest BCUT2D eigenvalue weighted by molar-refractivity contribution is 5.59. The summed E-state index contributed by atoms with van der Waals surface area (Å²) >= 11 is 0. The van der Waals surface area contributed by atoms with Crippen molar-refractivity contribution in [3.63, 3.8) is 0 Å². The SMILES string of the molecule is C/C=C/[C@H]1CC[C@H](c2ccc(-c3ccc(F)c(F)c3)nc2)CC1. The third-order valence-electron chi connectivity index (χ3n) is 4.71. The molecule has 1 aliphatic carbocycles. The first-order chi connectivity index (χ1) is 11.2. The van der Waals surface area contributed by atoms with Crippen LogP contribution in [0.15, 0.2) is 48.7 Å². The largest absolute Gasteiger partial charge is 0.256 e. The zero-order valence-corrected chi connectivity index (χ0v) is 13.3. The minimum Gasteiger partial charge on any atom is -0.256 e. The van der Waals surface area contributed by atoms with Crippen LogP contribution in [0.4, 0.5) is 8.78 Å². The van der Waals surface area contributed by atoms with Gasteiger partial charge in [-0.1, -0.05) is 18.2 Å². The van der Waals surface area contributed by atoms with E-state index in [2.05, 4.69) is 30.1 Å². The van der Waals surface area contributed by atoms with Gasteiger partial charge in [0.2, 0.25) is 0 Å². The van der Waals surface area contributed by atoms with Gasteiger partial charge < -0.3 is 0 Å². The molecule has 0 spiro atoms. The van der Waals surface area contributed by atoms with E-state index in [-0.39, 0.29) is 0 Å². The smallest absolute Gasteiger partial charge is 0.159 e. The van der Waals surface area contributed by atoms with Gasteiger partial charge in [0, 0.05) is 11.8 Å². The number of hydrogen-bond acceptors (Lipinski definition) is 1. The van der Waals surface area contributed by atoms with Gasteiger partial charge in [-0.2, -0.15) is 0 Å². The standard InChI is InChI=1S/C20H21F2N/c1-2-3-14-4-6-15(7-5-14)17-9-11-20(23-13-17)16-8-10-18(21)19(22)12-16/h2-3,8-15H,4-7H2,1H3/b3-2+/t14-,15-. The molecule has 0 bridgehead atoms. The van der Waals surface area contributed by atoms with Gasteiger partial charge in [0.25, 0.3) is 0 Å². The van der Waals surface area contributed by atoms with E-state index in [4.69, 9.17) is 0 Å². The highest BCUT2D eigenvalue weighted by atomic mass is 19.2. The van der Waals surface area contributed by atoms with Crippen molar-refractivity contribution in [2.45, 2.75) is 38.5 Å². The van der Waals surface area contributed by atoms with Crippen LogP contribution >= 0.6 is 0 Å². The summed E-state index contributed by atoms with van der Waals surface area (Å²) in [6.07, 6.45) is 11.1. The van der Waals surface area contributed by atoms with Gasteiger partial charge in [0.15, 0.2) is 11.6 Å². The highest BCUT2D eigenvalue weighted by Gasteiger charge is 2.21. The second-order valence-electron chi connectivity index (χ2n) is 6.24. The maximum Gasteiger partial charge on any atom is 0.159 e. The molecule has 3 heteroatoms. The van der Waals surface area contributed by atoms with Gasteiger partial charge in [0.05, 0.1) is 5.69 Å². The molecule has 1 fully saturated rings. The molecule has 0 saturated heterocycles. The van der Waals surface area contributed by atoms with Gasteiger partial charge in [0.1, 0.15) is 0 Å². The molecule has 0 amide bonds. The summed E-state index contributed by atoms with van der Waals surface area (Å²) in [6, 6.07) is 7.87. The Morgan fingerprint density at radius 2 is 1.78 bits per heavy atom. The molecule has 1 aromatic carbocycles. The molecule has 0 N–H and O–H groups in total. The van der Waals surface area contributed by atoms with Crippen molar-refractivity contribution in [3.05, 3.63) is 65.9 Å². The minimum atomic E-state index is -0.837. The molecule has 120 valence electrons. The number of pyridine rings is 1. The Labute approximate surface area is 136 Å². The molecule has 2 aromatic rings. The van der Waals surface area contributed by atoms with Gasteiger partial charge in [-0.3, -0.25) is 4.98 Å². The Morgan fingerprint density at radius 1 is 1.00 bits per heavy atom. The second kappa shape index (κ2) is 7.03. The summed E-state index contributed by atoms with van der Waals surface area (Å²) in [5.74, 6) is -0.396. The Kier molecular flexibility index (Phi) is 4.85. The molecule has 1 aliphatic rings. The van der Waals surface area contributed by atoms with Gasteiger partial charge in [-0.15, -0.1) is 0 Å². The van der Waals surface area contributed by atoms with Crippen LogP contribution in [-0.2, 0) is 0 Å². The maximum atomic E-state index is 13.3. The van der Waals surface area contributed by atoms with E-state index in [1.54, 1.807) is 6.07 Å². The van der Waals surface area contributed by atoms with Crippen LogP contribution in [0, 0.1) is 17.6 Å². The molecular formula is C20H21F2N. The third kappa shape index (κ3) is 3.66. The summed E-state index contributed by atoms with van der Waals surface area (Å²) in [7, 11) is 0. The van der Waals surface area contributed by atoms with Crippen LogP contribution in [0.3, 0.4) is 0 Å². The van der Waals surface area contributed by atoms with E-state index in [0.717, 1.165) is 6.07 Å². The number of hydrogen-bond donors (Lipinski definition) is 0. The Hall–Kier alpha value is -2.03. The number of aromatic nitrogens is 1. The van der Waals surface area contributed by atoms with Crippen molar-refractivity contribution in [3.8, 4) is 11.3 Å². The van der Waals surface area contributed by atoms with Crippen molar-refractivity contribution in [1.29, 1.82) is 0 Å². The van der Waals surface area contributed by atoms with Crippen LogP contribution in [-0.4, -0.2) is 4.98 Å². The molecule has 1 saturated carbocycles. The zero-order valence-electron chi connectivity index (χ0n) is 13.3. The number of nitrogens with zero attached hydrogens (tertiary/aromatic N) is 1. The average molecular weight is 313 g/mol. The monoisotopic (exact) mass is 313 g/mol. The topological polar surface area (TPSA) is 12.9 Å². The fourth-order valence-corrected chi connectivity index (χ4v) is 3.39. The summed E-state index contributed by atoms with van der Waals surface area (Å²) in [5.41, 5.74) is 2.53. The van der Waals surface area contributed by atoms with Crippen LogP contribution in [0.5, 0.6) is 0 Å². The lowest BCUT2D eigenvalue weighted by molar-refractivity contribution is 0.375. The first-order valence-electron chi connectivity index (χ1n) is 8.21. The first-order valence-corrected chi connectivity index (χ1v) is 8.21. The fraction of sp³-hybridized carbons (Fsp3) is 0.350. The van der Waals surface area contributed by atoms with E-state index in [9.17, 15) is 8.78 Å². The predicted octanol–water partition coefficient (Wildman–Crippen LogP) is 5.88. The minimum absolute atomic E-state index is 0.558. The highest BCUT2D eigenvalue weighted by Crippen LogP contribution is 2.36. The molecule has 0 atom stereocenters. The Balaban J connectivity index is 1.71. The van der Waals surface area contributed by atoms with Crippen LogP contribution in [0.1, 0.15) is 44.1 Å². The molecule has 1 aromatic heterocycles. The number of benzene rings is 1. The number of halogens is 2. The lowest BCUT2D eigenvalue weighted by Gasteiger charge is -2.26. The molecule has 0 aliphatic heterocycles. The van der Waals surface area contributed by atoms with Crippen molar-refractivity contribution in [2.75, 3.05) is 0 Å². The average Bonchev–Trinajstić information content (AvgIpc) is 2.59. The molecule has 1 heterocycles. The second-order valence-corrected chi connectivity index (χ2v) is 6.24. The van der Waals surface area contributed by atoms with Crippen LogP contribution in [0.25, 0.3) is 11.3 Å². The summed E-state index contributed by atoms with van der Waals surface area (Å²) in [4.78, 5) is 4.45. The van der Waals surface area contributed by atoms with Crippen molar-refractivity contribution in [2.24, 2.45) is 5.92 Å². The van der Waals surface area contributed by atoms with Crippen LogP contribution < -0.4 is 0 Å². The molecular weight excluding hydrogens is 292 g/mol. The molecule has 0 radical (unpaired) electrons. The van der Waals surface area contributed by atoms with Crippen LogP contribution in [0.2, 0.25) is 0 Å². The lowest BCUT2D eigenvalue weighted by Crippen LogP contribution is -2.11. The third-order valence-corrected chi connectivity index (χ3v) is 4.71. The van der Waals surface area contributed by atoms with E-state index in [1.165, 1.54) is 37.3 Å². The zero-order chi connectivity index (χ0) is 16.2. The number of rotatable bonds is 3. The van der Waals surface area contributed by atoms with Gasteiger partial charge in [-0.05, 0) is 74.3 Å². The van der Waals surface area contributed by atoms with E-state index in [0.29, 0.717) is 23.1 Å². The maximum absolute atomic E-state index is 13.3. The summed E-state index contributed by atoms with van der Waals surface area (Å²) in [5, 5.41) is 0. The van der Waals surface area contributed by atoms with E-state index < -0.39 is 11.6 Å². The molecule has 23 heavy (non-hydrogen) atoms. The normalized spacial score (nSPS) is 21.7. The Morgan fingerprint density at radius 3 is 2.39 bits per heavy atom. The first kappa shape index (κ1) is 15.9. The summed E-state index contributed by atoms with van der Waals surface area (Å²) < 4.78 is 26.3. The molecule has 0 unspecified atom stereocenters. The number of allylic oxidation sites excluding steroid dienone is 2. The fourth-order valence-electron chi connectivity index (χ4n) is 3.39. The molecule has 3 rings (SSSR count). The Bertz CT molecular complexity index is 683. The predicted molar refractivity (Wildman–Crippen MR) is 89.1 cm³/mol. The van der Waals surface area contributed by atoms with Crippen molar-refractivity contribution in [1.82, 2.24) is 4.98 Å². The summed E-state index contributed by atoms with van der Waals surface area (Å²) in [6.45, 7) is 2.08. The lowest BCUT2D eigenvalue weighted by atomic mass is 9.79.